The van der Waals surface area contributed by atoms with Crippen molar-refractivity contribution in [1.82, 2.24) is 5.32 Å². The third-order valence-electron chi connectivity index (χ3n) is 5.17. The van der Waals surface area contributed by atoms with Gasteiger partial charge in [0.2, 0.25) is 0 Å². The number of ether oxygens (including phenoxy) is 1. The van der Waals surface area contributed by atoms with Crippen molar-refractivity contribution in [1.29, 1.82) is 0 Å². The van der Waals surface area contributed by atoms with Gasteiger partial charge in [0.15, 0.2) is 0 Å². The van der Waals surface area contributed by atoms with Crippen LogP contribution in [-0.4, -0.2) is 19.2 Å². The van der Waals surface area contributed by atoms with Crippen LogP contribution in [0.1, 0.15) is 29.0 Å². The van der Waals surface area contributed by atoms with E-state index in [-0.39, 0.29) is 12.5 Å². The largest absolute Gasteiger partial charge is 0.449 e. The van der Waals surface area contributed by atoms with Crippen molar-refractivity contribution in [2.45, 2.75) is 12.3 Å². The van der Waals surface area contributed by atoms with Gasteiger partial charge in [-0.2, -0.15) is 0 Å². The molecule has 0 spiro atoms. The van der Waals surface area contributed by atoms with Crippen LogP contribution in [-0.2, 0) is 4.74 Å². The van der Waals surface area contributed by atoms with Crippen LogP contribution in [0.25, 0.3) is 11.1 Å². The summed E-state index contributed by atoms with van der Waals surface area (Å²) in [4.78, 5) is 12.2. The van der Waals surface area contributed by atoms with Gasteiger partial charge in [-0.05, 0) is 34.4 Å². The second-order valence-electron chi connectivity index (χ2n) is 7.16. The Morgan fingerprint density at radius 3 is 2.32 bits per heavy atom. The SMILES string of the molecule is Nc1cc(Cl)c(C#CCCNC(=O)OCC2c3ccccc3-c3ccccc32)cc1Cl. The van der Waals surface area contributed by atoms with E-state index >= 15 is 0 Å². The summed E-state index contributed by atoms with van der Waals surface area (Å²) in [5.74, 6) is 5.94. The predicted octanol–water partition coefficient (Wildman–Crippen LogP) is 5.86. The van der Waals surface area contributed by atoms with Crippen LogP contribution >= 0.6 is 23.2 Å². The van der Waals surface area contributed by atoms with Crippen LogP contribution in [0.5, 0.6) is 0 Å². The second-order valence-corrected chi connectivity index (χ2v) is 7.97. The first kappa shape index (κ1) is 21.1. The zero-order valence-corrected chi connectivity index (χ0v) is 18.1. The zero-order valence-electron chi connectivity index (χ0n) is 16.6. The molecular formula is C25H20Cl2N2O2. The van der Waals surface area contributed by atoms with Crippen molar-refractivity contribution in [3.8, 4) is 23.0 Å². The zero-order chi connectivity index (χ0) is 21.8. The molecule has 1 aliphatic rings. The molecule has 0 heterocycles. The first-order chi connectivity index (χ1) is 15.0. The van der Waals surface area contributed by atoms with Gasteiger partial charge in [-0.1, -0.05) is 83.6 Å². The highest BCUT2D eigenvalue weighted by Crippen LogP contribution is 2.44. The average molecular weight is 451 g/mol. The first-order valence-electron chi connectivity index (χ1n) is 9.87. The molecule has 3 N–H and O–H groups in total. The summed E-state index contributed by atoms with van der Waals surface area (Å²) in [6, 6.07) is 19.7. The number of nitrogen functional groups attached to an aromatic ring is 1. The quantitative estimate of drug-likeness (QED) is 0.297. The highest BCUT2D eigenvalue weighted by atomic mass is 35.5. The van der Waals surface area contributed by atoms with E-state index in [0.717, 1.165) is 0 Å². The van der Waals surface area contributed by atoms with E-state index < -0.39 is 6.09 Å². The number of hydrogen-bond donors (Lipinski definition) is 2. The minimum atomic E-state index is -0.461. The van der Waals surface area contributed by atoms with Crippen molar-refractivity contribution in [3.63, 3.8) is 0 Å². The molecule has 6 heteroatoms. The molecule has 4 rings (SSSR count). The number of anilines is 1. The molecule has 3 aromatic rings. The molecule has 0 saturated carbocycles. The summed E-state index contributed by atoms with van der Waals surface area (Å²) in [6.45, 7) is 0.648. The van der Waals surface area contributed by atoms with Crippen LogP contribution in [0, 0.1) is 11.8 Å². The van der Waals surface area contributed by atoms with Crippen molar-refractivity contribution < 1.29 is 9.53 Å². The fraction of sp³-hybridized carbons (Fsp3) is 0.160. The maximum atomic E-state index is 12.2. The van der Waals surface area contributed by atoms with Gasteiger partial charge in [0, 0.05) is 24.4 Å². The third-order valence-corrected chi connectivity index (χ3v) is 5.81. The Hall–Kier alpha value is -3.13. The Balaban J connectivity index is 1.30. The van der Waals surface area contributed by atoms with Crippen molar-refractivity contribution in [2.24, 2.45) is 0 Å². The summed E-state index contributed by atoms with van der Waals surface area (Å²) in [7, 11) is 0. The van der Waals surface area contributed by atoms with Gasteiger partial charge in [0.1, 0.15) is 6.61 Å². The van der Waals surface area contributed by atoms with E-state index in [1.165, 1.54) is 22.3 Å². The van der Waals surface area contributed by atoms with E-state index in [2.05, 4.69) is 41.4 Å². The fourth-order valence-corrected chi connectivity index (χ4v) is 4.08. The lowest BCUT2D eigenvalue weighted by Gasteiger charge is -2.14. The lowest BCUT2D eigenvalue weighted by molar-refractivity contribution is 0.143. The van der Waals surface area contributed by atoms with Crippen LogP contribution in [0.15, 0.2) is 60.7 Å². The van der Waals surface area contributed by atoms with E-state index in [9.17, 15) is 4.79 Å². The number of alkyl carbamates (subject to hydrolysis) is 1. The maximum absolute atomic E-state index is 12.2. The summed E-state index contributed by atoms with van der Waals surface area (Å²) in [6.07, 6.45) is -0.0140. The standard InChI is InChI=1S/C25H20Cl2N2O2/c26-22-14-24(28)23(27)13-16(22)7-5-6-12-29-25(30)31-15-21-19-10-3-1-8-17(19)18-9-2-4-11-20(18)21/h1-4,8-11,13-14,21H,6,12,15,28H2,(H,29,30). The lowest BCUT2D eigenvalue weighted by atomic mass is 9.98. The van der Waals surface area contributed by atoms with Crippen LogP contribution in [0.2, 0.25) is 10.0 Å². The smallest absolute Gasteiger partial charge is 0.407 e. The first-order valence-corrected chi connectivity index (χ1v) is 10.6. The van der Waals surface area contributed by atoms with E-state index in [1.807, 2.05) is 24.3 Å². The summed E-state index contributed by atoms with van der Waals surface area (Å²) < 4.78 is 5.50. The van der Waals surface area contributed by atoms with Crippen molar-refractivity contribution in [2.75, 3.05) is 18.9 Å². The minimum absolute atomic E-state index is 0.0374. The van der Waals surface area contributed by atoms with Gasteiger partial charge < -0.3 is 15.8 Å². The minimum Gasteiger partial charge on any atom is -0.449 e. The molecule has 1 aliphatic carbocycles. The molecule has 3 aromatic carbocycles. The van der Waals surface area contributed by atoms with Gasteiger partial charge in [-0.25, -0.2) is 4.79 Å². The number of rotatable bonds is 4. The number of carbonyl (C=O) groups excluding carboxylic acids is 1. The Bertz CT molecular complexity index is 1150. The van der Waals surface area contributed by atoms with Gasteiger partial charge in [-0.3, -0.25) is 0 Å². The molecule has 31 heavy (non-hydrogen) atoms. The highest BCUT2D eigenvalue weighted by molar-refractivity contribution is 6.35. The topological polar surface area (TPSA) is 64.3 Å². The Morgan fingerprint density at radius 2 is 1.65 bits per heavy atom. The van der Waals surface area contributed by atoms with E-state index in [0.29, 0.717) is 34.3 Å². The number of nitrogens with two attached hydrogens (primary N) is 1. The lowest BCUT2D eigenvalue weighted by Crippen LogP contribution is -2.26. The van der Waals surface area contributed by atoms with Crippen LogP contribution in [0.4, 0.5) is 10.5 Å². The average Bonchev–Trinajstić information content (AvgIpc) is 3.09. The molecule has 0 fully saturated rings. The number of fused-ring (bicyclic) bond motifs is 3. The Labute approximate surface area is 191 Å². The number of carbonyl (C=O) groups is 1. The molecular weight excluding hydrogens is 431 g/mol. The highest BCUT2D eigenvalue weighted by Gasteiger charge is 2.28. The summed E-state index contributed by atoms with van der Waals surface area (Å²) in [5.41, 5.74) is 11.5. The molecule has 4 nitrogen and oxygen atoms in total. The molecule has 0 radical (unpaired) electrons. The third kappa shape index (κ3) is 4.64. The molecule has 0 aliphatic heterocycles. The molecule has 0 atom stereocenters. The van der Waals surface area contributed by atoms with Gasteiger partial charge in [-0.15, -0.1) is 0 Å². The van der Waals surface area contributed by atoms with Gasteiger partial charge in [0.05, 0.1) is 15.7 Å². The van der Waals surface area contributed by atoms with Gasteiger partial charge in [0.25, 0.3) is 0 Å². The summed E-state index contributed by atoms with van der Waals surface area (Å²) >= 11 is 12.1. The van der Waals surface area contributed by atoms with Crippen molar-refractivity contribution >= 4 is 35.0 Å². The number of benzene rings is 3. The molecule has 0 aromatic heterocycles. The summed E-state index contributed by atoms with van der Waals surface area (Å²) in [5, 5.41) is 3.58. The monoisotopic (exact) mass is 450 g/mol. The number of halogens is 2. The molecule has 0 bridgehead atoms. The molecule has 0 saturated heterocycles. The Kier molecular flexibility index (Phi) is 6.36. The number of hydrogen-bond acceptors (Lipinski definition) is 3. The van der Waals surface area contributed by atoms with Crippen LogP contribution < -0.4 is 11.1 Å². The van der Waals surface area contributed by atoms with E-state index in [1.54, 1.807) is 12.1 Å². The maximum Gasteiger partial charge on any atom is 0.407 e. The second kappa shape index (κ2) is 9.34. The number of nitrogens with one attached hydrogen (secondary N) is 1. The van der Waals surface area contributed by atoms with Crippen LogP contribution in [0.3, 0.4) is 0 Å². The Morgan fingerprint density at radius 1 is 1.00 bits per heavy atom. The molecule has 156 valence electrons. The predicted molar refractivity (Wildman–Crippen MR) is 125 cm³/mol. The van der Waals surface area contributed by atoms with Crippen molar-refractivity contribution in [3.05, 3.63) is 87.4 Å². The van der Waals surface area contributed by atoms with Gasteiger partial charge >= 0.3 is 6.09 Å². The van der Waals surface area contributed by atoms with E-state index in [4.69, 9.17) is 33.7 Å². The molecule has 1 amide bonds. The molecule has 0 unspecified atom stereocenters. The fourth-order valence-electron chi connectivity index (χ4n) is 3.69. The number of amides is 1. The normalized spacial score (nSPS) is 11.8.